The molecule has 0 atom stereocenters. The van der Waals surface area contributed by atoms with Crippen LogP contribution in [0.1, 0.15) is 34.4 Å². The second-order valence-electron chi connectivity index (χ2n) is 5.28. The molecular formula is C18H16N2O2. The lowest BCUT2D eigenvalue weighted by Crippen LogP contribution is -1.97. The fraction of sp³-hybridized carbons (Fsp3) is 0.167. The Kier molecular flexibility index (Phi) is 3.83. The van der Waals surface area contributed by atoms with E-state index >= 15 is 0 Å². The average Bonchev–Trinajstić information content (AvgIpc) is 2.97. The van der Waals surface area contributed by atoms with E-state index in [-0.39, 0.29) is 5.78 Å². The maximum atomic E-state index is 11.2. The number of oxazole rings is 1. The van der Waals surface area contributed by atoms with E-state index in [1.165, 1.54) is 12.5 Å². The van der Waals surface area contributed by atoms with E-state index in [0.29, 0.717) is 18.0 Å². The van der Waals surface area contributed by atoms with E-state index in [1.807, 2.05) is 30.3 Å². The van der Waals surface area contributed by atoms with Crippen LogP contribution >= 0.6 is 0 Å². The number of hydrogen-bond acceptors (Lipinski definition) is 4. The molecule has 110 valence electrons. The quantitative estimate of drug-likeness (QED) is 0.686. The predicted octanol–water partition coefficient (Wildman–Crippen LogP) is 3.84. The number of carbonyl (C=O) groups excluding carboxylic acids is 1. The monoisotopic (exact) mass is 292 g/mol. The summed E-state index contributed by atoms with van der Waals surface area (Å²) < 4.78 is 5.53. The predicted molar refractivity (Wildman–Crippen MR) is 83.7 cm³/mol. The number of hydrogen-bond donors (Lipinski definition) is 0. The summed E-state index contributed by atoms with van der Waals surface area (Å²) >= 11 is 0. The van der Waals surface area contributed by atoms with Crippen molar-refractivity contribution in [1.29, 1.82) is 0 Å². The Hall–Kier alpha value is -2.75. The third-order valence-corrected chi connectivity index (χ3v) is 3.44. The summed E-state index contributed by atoms with van der Waals surface area (Å²) in [6, 6.07) is 11.8. The maximum absolute atomic E-state index is 11.2. The minimum atomic E-state index is -0.0377. The molecule has 0 aliphatic carbocycles. The average molecular weight is 292 g/mol. The SMILES string of the molecule is CC(=O)c1ccc(Cc2nc(-c3ccc(C)cc3)co2)cn1. The van der Waals surface area contributed by atoms with Gasteiger partial charge in [0.2, 0.25) is 0 Å². The number of pyridine rings is 1. The van der Waals surface area contributed by atoms with Gasteiger partial charge in [0.05, 0.1) is 6.42 Å². The zero-order valence-corrected chi connectivity index (χ0v) is 12.5. The van der Waals surface area contributed by atoms with Gasteiger partial charge >= 0.3 is 0 Å². The first-order chi connectivity index (χ1) is 10.6. The summed E-state index contributed by atoms with van der Waals surface area (Å²) in [4.78, 5) is 19.8. The molecule has 3 aromatic rings. The molecule has 0 unspecified atom stereocenters. The number of aromatic nitrogens is 2. The molecule has 0 bridgehead atoms. The van der Waals surface area contributed by atoms with Crippen molar-refractivity contribution in [2.45, 2.75) is 20.3 Å². The molecule has 0 fully saturated rings. The van der Waals surface area contributed by atoms with Crippen molar-refractivity contribution in [2.75, 3.05) is 0 Å². The molecule has 3 rings (SSSR count). The third-order valence-electron chi connectivity index (χ3n) is 3.44. The van der Waals surface area contributed by atoms with Gasteiger partial charge in [0, 0.05) is 18.7 Å². The number of ketones is 1. The van der Waals surface area contributed by atoms with Crippen LogP contribution in [0.2, 0.25) is 0 Å². The van der Waals surface area contributed by atoms with Gasteiger partial charge in [-0.2, -0.15) is 0 Å². The van der Waals surface area contributed by atoms with Crippen LogP contribution in [0, 0.1) is 6.92 Å². The Balaban J connectivity index is 1.76. The van der Waals surface area contributed by atoms with E-state index in [4.69, 9.17) is 4.42 Å². The van der Waals surface area contributed by atoms with Crippen molar-refractivity contribution in [3.8, 4) is 11.3 Å². The van der Waals surface area contributed by atoms with E-state index in [1.54, 1.807) is 18.5 Å². The highest BCUT2D eigenvalue weighted by Gasteiger charge is 2.08. The Labute approximate surface area is 128 Å². The van der Waals surface area contributed by atoms with Crippen molar-refractivity contribution >= 4 is 5.78 Å². The second-order valence-corrected chi connectivity index (χ2v) is 5.28. The lowest BCUT2D eigenvalue weighted by Gasteiger charge is -1.99. The summed E-state index contributed by atoms with van der Waals surface area (Å²) in [5, 5.41) is 0. The van der Waals surface area contributed by atoms with Crippen LogP contribution in [0.5, 0.6) is 0 Å². The minimum absolute atomic E-state index is 0.0377. The molecule has 4 nitrogen and oxygen atoms in total. The van der Waals surface area contributed by atoms with Gasteiger partial charge in [0.25, 0.3) is 0 Å². The Bertz CT molecular complexity index is 787. The molecule has 2 aromatic heterocycles. The fourth-order valence-corrected chi connectivity index (χ4v) is 2.16. The molecule has 0 spiro atoms. The second kappa shape index (κ2) is 5.93. The van der Waals surface area contributed by atoms with Crippen LogP contribution in [0.4, 0.5) is 0 Å². The van der Waals surface area contributed by atoms with Crippen LogP contribution in [0.25, 0.3) is 11.3 Å². The molecule has 0 saturated heterocycles. The van der Waals surface area contributed by atoms with Crippen molar-refractivity contribution in [3.05, 3.63) is 71.6 Å². The zero-order valence-electron chi connectivity index (χ0n) is 12.5. The van der Waals surface area contributed by atoms with E-state index in [2.05, 4.69) is 16.9 Å². The minimum Gasteiger partial charge on any atom is -0.448 e. The van der Waals surface area contributed by atoms with Gasteiger partial charge in [0.15, 0.2) is 11.7 Å². The van der Waals surface area contributed by atoms with Crippen molar-refractivity contribution in [1.82, 2.24) is 9.97 Å². The summed E-state index contributed by atoms with van der Waals surface area (Å²) in [5.41, 5.74) is 4.50. The van der Waals surface area contributed by atoms with E-state index in [9.17, 15) is 4.79 Å². The summed E-state index contributed by atoms with van der Waals surface area (Å²) in [6.45, 7) is 3.56. The summed E-state index contributed by atoms with van der Waals surface area (Å²) in [6.07, 6.45) is 3.90. The van der Waals surface area contributed by atoms with E-state index in [0.717, 1.165) is 16.8 Å². The zero-order chi connectivity index (χ0) is 15.5. The lowest BCUT2D eigenvalue weighted by atomic mass is 10.1. The first-order valence-corrected chi connectivity index (χ1v) is 7.09. The van der Waals surface area contributed by atoms with Crippen LogP contribution in [-0.2, 0) is 6.42 Å². The smallest absolute Gasteiger partial charge is 0.199 e. The first kappa shape index (κ1) is 14.2. The summed E-state index contributed by atoms with van der Waals surface area (Å²) in [5.74, 6) is 0.595. The molecule has 22 heavy (non-hydrogen) atoms. The number of nitrogens with zero attached hydrogens (tertiary/aromatic N) is 2. The van der Waals surface area contributed by atoms with Crippen LogP contribution in [0.15, 0.2) is 53.3 Å². The van der Waals surface area contributed by atoms with Gasteiger partial charge in [-0.15, -0.1) is 0 Å². The molecule has 4 heteroatoms. The lowest BCUT2D eigenvalue weighted by molar-refractivity contribution is 0.101. The largest absolute Gasteiger partial charge is 0.448 e. The molecule has 1 aromatic carbocycles. The Morgan fingerprint density at radius 3 is 2.55 bits per heavy atom. The Morgan fingerprint density at radius 2 is 1.91 bits per heavy atom. The van der Waals surface area contributed by atoms with Crippen LogP contribution in [-0.4, -0.2) is 15.8 Å². The maximum Gasteiger partial charge on any atom is 0.199 e. The number of Topliss-reactive ketones (excluding diaryl/α,β-unsaturated/α-hetero) is 1. The fourth-order valence-electron chi connectivity index (χ4n) is 2.16. The number of carbonyl (C=O) groups is 1. The van der Waals surface area contributed by atoms with Gasteiger partial charge in [0.1, 0.15) is 17.7 Å². The van der Waals surface area contributed by atoms with Gasteiger partial charge in [-0.3, -0.25) is 9.78 Å². The topological polar surface area (TPSA) is 56.0 Å². The molecule has 0 N–H and O–H groups in total. The molecule has 0 radical (unpaired) electrons. The normalized spacial score (nSPS) is 10.6. The van der Waals surface area contributed by atoms with Gasteiger partial charge in [-0.25, -0.2) is 4.98 Å². The van der Waals surface area contributed by atoms with Crippen LogP contribution < -0.4 is 0 Å². The Morgan fingerprint density at radius 1 is 1.14 bits per heavy atom. The van der Waals surface area contributed by atoms with Crippen LogP contribution in [0.3, 0.4) is 0 Å². The highest BCUT2D eigenvalue weighted by molar-refractivity contribution is 5.91. The van der Waals surface area contributed by atoms with E-state index < -0.39 is 0 Å². The third kappa shape index (κ3) is 3.11. The molecule has 0 aliphatic heterocycles. The van der Waals surface area contributed by atoms with Gasteiger partial charge in [-0.05, 0) is 18.6 Å². The number of benzene rings is 1. The van der Waals surface area contributed by atoms with Crippen molar-refractivity contribution in [3.63, 3.8) is 0 Å². The molecular weight excluding hydrogens is 276 g/mol. The molecule has 0 aliphatic rings. The number of rotatable bonds is 4. The highest BCUT2D eigenvalue weighted by atomic mass is 16.3. The van der Waals surface area contributed by atoms with Gasteiger partial charge < -0.3 is 4.42 Å². The van der Waals surface area contributed by atoms with Gasteiger partial charge in [-0.1, -0.05) is 35.9 Å². The molecule has 0 amide bonds. The standard InChI is InChI=1S/C18H16N2O2/c1-12-3-6-15(7-4-12)17-11-22-18(20-17)9-14-5-8-16(13(2)21)19-10-14/h3-8,10-11H,9H2,1-2H3. The first-order valence-electron chi connectivity index (χ1n) is 7.09. The molecule has 2 heterocycles. The summed E-state index contributed by atoms with van der Waals surface area (Å²) in [7, 11) is 0. The number of aryl methyl sites for hydroxylation is 1. The molecule has 0 saturated carbocycles. The van der Waals surface area contributed by atoms with Crippen molar-refractivity contribution < 1.29 is 9.21 Å². The highest BCUT2D eigenvalue weighted by Crippen LogP contribution is 2.20. The van der Waals surface area contributed by atoms with Crippen molar-refractivity contribution in [2.24, 2.45) is 0 Å².